The van der Waals surface area contributed by atoms with Crippen LogP contribution in [0.25, 0.3) is 0 Å². The molecule has 0 heterocycles. The molecule has 0 aliphatic heterocycles. The number of ether oxygens (including phenoxy) is 1. The van der Waals surface area contributed by atoms with Crippen molar-refractivity contribution < 1.29 is 9.53 Å². The van der Waals surface area contributed by atoms with Crippen LogP contribution in [0.4, 0.5) is 5.69 Å². The summed E-state index contributed by atoms with van der Waals surface area (Å²) < 4.78 is 6.00. The zero-order valence-electron chi connectivity index (χ0n) is 13.0. The number of hydrogen-bond donors (Lipinski definition) is 2. The minimum atomic E-state index is -0.224. The molecule has 1 aliphatic rings. The Kier molecular flexibility index (Phi) is 4.93. The van der Waals surface area contributed by atoms with Gasteiger partial charge in [-0.1, -0.05) is 36.4 Å². The molecule has 2 aromatic carbocycles. The Morgan fingerprint density at radius 2 is 1.65 bits per heavy atom. The molecular weight excluding hydrogens is 288 g/mol. The third kappa shape index (κ3) is 4.11. The Balaban J connectivity index is 1.62. The predicted molar refractivity (Wildman–Crippen MR) is 91.2 cm³/mol. The van der Waals surface area contributed by atoms with Gasteiger partial charge in [-0.2, -0.15) is 0 Å². The lowest BCUT2D eigenvalue weighted by Crippen LogP contribution is -2.45. The minimum absolute atomic E-state index is 0.0231. The number of carbonyl (C=O) groups excluding carboxylic acids is 1. The number of para-hydroxylation sites is 2. The van der Waals surface area contributed by atoms with Crippen LogP contribution in [0.3, 0.4) is 0 Å². The highest BCUT2D eigenvalue weighted by molar-refractivity contribution is 5.93. The van der Waals surface area contributed by atoms with Crippen LogP contribution in [0.15, 0.2) is 60.7 Å². The highest BCUT2D eigenvalue weighted by Crippen LogP contribution is 2.28. The fraction of sp³-hybridized carbons (Fsp3) is 0.316. The van der Waals surface area contributed by atoms with Crippen LogP contribution >= 0.6 is 0 Å². The lowest BCUT2D eigenvalue weighted by molar-refractivity contribution is -0.122. The van der Waals surface area contributed by atoms with Crippen molar-refractivity contribution in [3.63, 3.8) is 0 Å². The fourth-order valence-corrected chi connectivity index (χ4v) is 3.01. The highest BCUT2D eigenvalue weighted by Gasteiger charge is 2.34. The summed E-state index contributed by atoms with van der Waals surface area (Å²) in [4.78, 5) is 12.5. The van der Waals surface area contributed by atoms with Crippen LogP contribution in [0, 0.1) is 5.92 Å². The lowest BCUT2D eigenvalue weighted by atomic mass is 9.82. The van der Waals surface area contributed by atoms with Crippen molar-refractivity contribution in [1.82, 2.24) is 0 Å². The maximum atomic E-state index is 12.5. The maximum absolute atomic E-state index is 12.5. The van der Waals surface area contributed by atoms with Crippen molar-refractivity contribution >= 4 is 11.6 Å². The summed E-state index contributed by atoms with van der Waals surface area (Å²) in [7, 11) is 0. The third-order valence-corrected chi connectivity index (χ3v) is 4.28. The molecule has 4 nitrogen and oxygen atoms in total. The highest BCUT2D eigenvalue weighted by atomic mass is 16.5. The summed E-state index contributed by atoms with van der Waals surface area (Å²) in [6.45, 7) is 0. The number of nitrogens with two attached hydrogens (primary N) is 1. The number of amides is 1. The van der Waals surface area contributed by atoms with Gasteiger partial charge in [0.15, 0.2) is 0 Å². The molecule has 1 fully saturated rings. The molecule has 0 spiro atoms. The predicted octanol–water partition coefficient (Wildman–Crippen LogP) is 3.20. The molecule has 23 heavy (non-hydrogen) atoms. The molecule has 4 heteroatoms. The Hall–Kier alpha value is -2.33. The summed E-state index contributed by atoms with van der Waals surface area (Å²) in [5.41, 5.74) is 6.97. The van der Waals surface area contributed by atoms with E-state index in [0.29, 0.717) is 6.42 Å². The van der Waals surface area contributed by atoms with Crippen LogP contribution in [0.1, 0.15) is 19.3 Å². The van der Waals surface area contributed by atoms with Crippen LogP contribution in [0.5, 0.6) is 5.75 Å². The van der Waals surface area contributed by atoms with Gasteiger partial charge in [-0.3, -0.25) is 4.79 Å². The van der Waals surface area contributed by atoms with E-state index in [9.17, 15) is 4.79 Å². The van der Waals surface area contributed by atoms with Gasteiger partial charge in [0, 0.05) is 11.7 Å². The largest absolute Gasteiger partial charge is 0.490 e. The maximum Gasteiger partial charge on any atom is 0.229 e. The van der Waals surface area contributed by atoms with Crippen LogP contribution < -0.4 is 15.8 Å². The average Bonchev–Trinajstić information content (AvgIpc) is 2.58. The van der Waals surface area contributed by atoms with E-state index < -0.39 is 0 Å². The summed E-state index contributed by atoms with van der Waals surface area (Å²) >= 11 is 0. The quantitative estimate of drug-likeness (QED) is 0.911. The normalized spacial score (nSPS) is 24.0. The number of anilines is 1. The molecule has 1 saturated carbocycles. The first kappa shape index (κ1) is 15.6. The summed E-state index contributed by atoms with van der Waals surface area (Å²) in [6.07, 6.45) is 2.35. The molecule has 0 saturated heterocycles. The van der Waals surface area contributed by atoms with E-state index in [1.54, 1.807) is 0 Å². The second kappa shape index (κ2) is 7.29. The van der Waals surface area contributed by atoms with Gasteiger partial charge in [0.2, 0.25) is 5.91 Å². The first-order valence-electron chi connectivity index (χ1n) is 8.05. The molecule has 3 unspecified atom stereocenters. The zero-order chi connectivity index (χ0) is 16.1. The number of rotatable bonds is 4. The zero-order valence-corrected chi connectivity index (χ0v) is 13.0. The van der Waals surface area contributed by atoms with E-state index >= 15 is 0 Å². The van der Waals surface area contributed by atoms with Gasteiger partial charge in [-0.05, 0) is 43.5 Å². The average molecular weight is 310 g/mol. The molecule has 1 amide bonds. The molecular formula is C19H22N2O2. The topological polar surface area (TPSA) is 64.3 Å². The smallest absolute Gasteiger partial charge is 0.229 e. The first-order valence-corrected chi connectivity index (χ1v) is 8.05. The second-order valence-electron chi connectivity index (χ2n) is 5.99. The van der Waals surface area contributed by atoms with Gasteiger partial charge in [-0.15, -0.1) is 0 Å². The van der Waals surface area contributed by atoms with Crippen molar-refractivity contribution in [2.24, 2.45) is 11.7 Å². The second-order valence-corrected chi connectivity index (χ2v) is 5.99. The number of nitrogens with one attached hydrogen (secondary N) is 1. The number of benzene rings is 2. The molecule has 0 radical (unpaired) electrons. The Morgan fingerprint density at radius 3 is 2.35 bits per heavy atom. The Bertz CT molecular complexity index is 630. The first-order chi connectivity index (χ1) is 11.2. The van der Waals surface area contributed by atoms with E-state index in [0.717, 1.165) is 24.3 Å². The molecule has 0 bridgehead atoms. The lowest BCUT2D eigenvalue weighted by Gasteiger charge is -2.33. The Labute approximate surface area is 136 Å². The van der Waals surface area contributed by atoms with Gasteiger partial charge in [-0.25, -0.2) is 0 Å². The van der Waals surface area contributed by atoms with Crippen molar-refractivity contribution in [3.8, 4) is 5.75 Å². The Morgan fingerprint density at radius 1 is 1.00 bits per heavy atom. The molecule has 2 aromatic rings. The van der Waals surface area contributed by atoms with Gasteiger partial charge >= 0.3 is 0 Å². The van der Waals surface area contributed by atoms with Gasteiger partial charge in [0.25, 0.3) is 0 Å². The van der Waals surface area contributed by atoms with Gasteiger partial charge < -0.3 is 15.8 Å². The van der Waals surface area contributed by atoms with E-state index in [2.05, 4.69) is 5.32 Å². The molecule has 3 atom stereocenters. The fourth-order valence-electron chi connectivity index (χ4n) is 3.01. The molecule has 0 aromatic heterocycles. The van der Waals surface area contributed by atoms with Gasteiger partial charge in [0.1, 0.15) is 5.75 Å². The van der Waals surface area contributed by atoms with E-state index in [1.807, 2.05) is 60.7 Å². The molecule has 3 N–H and O–H groups in total. The van der Waals surface area contributed by atoms with E-state index in [4.69, 9.17) is 10.5 Å². The SMILES string of the molecule is NC1CCC(Oc2ccccc2)CC1C(=O)Nc1ccccc1. The summed E-state index contributed by atoms with van der Waals surface area (Å²) in [6, 6.07) is 19.1. The number of hydrogen-bond acceptors (Lipinski definition) is 3. The standard InChI is InChI=1S/C19H22N2O2/c20-18-12-11-16(23-15-9-5-2-6-10-15)13-17(18)19(22)21-14-7-3-1-4-8-14/h1-10,16-18H,11-13,20H2,(H,21,22). The van der Waals surface area contributed by atoms with Crippen molar-refractivity contribution in [1.29, 1.82) is 0 Å². The van der Waals surface area contributed by atoms with Crippen LogP contribution in [-0.2, 0) is 4.79 Å². The van der Waals surface area contributed by atoms with Crippen LogP contribution in [0.2, 0.25) is 0 Å². The van der Waals surface area contributed by atoms with E-state index in [1.165, 1.54) is 0 Å². The van der Waals surface area contributed by atoms with E-state index in [-0.39, 0.29) is 24.0 Å². The number of carbonyl (C=O) groups is 1. The summed E-state index contributed by atoms with van der Waals surface area (Å²) in [5, 5.41) is 2.95. The van der Waals surface area contributed by atoms with Crippen molar-refractivity contribution in [2.75, 3.05) is 5.32 Å². The van der Waals surface area contributed by atoms with Crippen LogP contribution in [-0.4, -0.2) is 18.1 Å². The molecule has 3 rings (SSSR count). The van der Waals surface area contributed by atoms with Gasteiger partial charge in [0.05, 0.1) is 12.0 Å². The molecule has 1 aliphatic carbocycles. The van der Waals surface area contributed by atoms with Crippen molar-refractivity contribution in [3.05, 3.63) is 60.7 Å². The monoisotopic (exact) mass is 310 g/mol. The third-order valence-electron chi connectivity index (χ3n) is 4.28. The van der Waals surface area contributed by atoms with Crippen molar-refractivity contribution in [2.45, 2.75) is 31.4 Å². The minimum Gasteiger partial charge on any atom is -0.490 e. The summed E-state index contributed by atoms with van der Waals surface area (Å²) in [5.74, 6) is 0.595. The molecule has 120 valence electrons.